The van der Waals surface area contributed by atoms with Gasteiger partial charge in [0.05, 0.1) is 6.10 Å². The van der Waals surface area contributed by atoms with Gasteiger partial charge in [-0.2, -0.15) is 0 Å². The summed E-state index contributed by atoms with van der Waals surface area (Å²) in [6.45, 7) is 18.5. The molecule has 0 radical (unpaired) electrons. The van der Waals surface area contributed by atoms with Crippen molar-refractivity contribution in [2.45, 2.75) is 59.7 Å². The summed E-state index contributed by atoms with van der Waals surface area (Å²) in [7, 11) is 1.85. The van der Waals surface area contributed by atoms with Gasteiger partial charge in [0, 0.05) is 65.4 Å². The van der Waals surface area contributed by atoms with Crippen LogP contribution in [0.5, 0.6) is 0 Å². The molecule has 1 aromatic carbocycles. The summed E-state index contributed by atoms with van der Waals surface area (Å²) in [5.74, 6) is 1.38. The molecular weight excluding hydrogens is 525 g/mol. The lowest BCUT2D eigenvalue weighted by molar-refractivity contribution is -0.0835. The SMILES string of the molecule is CCN1CCN(Cc2ccccc2CNC(=NC)NCC2CCCOC2C(C)(C)C)CC1.I. The van der Waals surface area contributed by atoms with Crippen molar-refractivity contribution in [1.82, 2.24) is 20.4 Å². The zero-order valence-electron chi connectivity index (χ0n) is 21.4. The number of halogens is 1. The fourth-order valence-corrected chi connectivity index (χ4v) is 5.03. The van der Waals surface area contributed by atoms with E-state index in [0.29, 0.717) is 5.92 Å². The third-order valence-electron chi connectivity index (χ3n) is 6.92. The fourth-order valence-electron chi connectivity index (χ4n) is 5.03. The zero-order chi connectivity index (χ0) is 23.0. The zero-order valence-corrected chi connectivity index (χ0v) is 23.7. The van der Waals surface area contributed by atoms with Crippen molar-refractivity contribution < 1.29 is 4.74 Å². The Labute approximate surface area is 218 Å². The smallest absolute Gasteiger partial charge is 0.191 e. The Morgan fingerprint density at radius 2 is 1.73 bits per heavy atom. The molecule has 6 nitrogen and oxygen atoms in total. The minimum Gasteiger partial charge on any atom is -0.377 e. The number of aliphatic imine (C=N–C) groups is 1. The molecule has 7 heteroatoms. The number of nitrogens with zero attached hydrogens (tertiary/aromatic N) is 3. The van der Waals surface area contributed by atoms with Crippen LogP contribution in [0.4, 0.5) is 0 Å². The molecule has 2 aliphatic heterocycles. The van der Waals surface area contributed by atoms with Crippen molar-refractivity contribution >= 4 is 29.9 Å². The van der Waals surface area contributed by atoms with Crippen LogP contribution in [0, 0.1) is 11.3 Å². The van der Waals surface area contributed by atoms with E-state index >= 15 is 0 Å². The molecular formula is C26H46IN5O. The van der Waals surface area contributed by atoms with Gasteiger partial charge in [0.25, 0.3) is 0 Å². The van der Waals surface area contributed by atoms with Crippen LogP contribution in [0.15, 0.2) is 29.3 Å². The molecule has 2 unspecified atom stereocenters. The molecule has 0 amide bonds. The topological polar surface area (TPSA) is 52.1 Å². The second-order valence-corrected chi connectivity index (χ2v) is 10.3. The summed E-state index contributed by atoms with van der Waals surface area (Å²) >= 11 is 0. The molecule has 2 aliphatic rings. The summed E-state index contributed by atoms with van der Waals surface area (Å²) in [4.78, 5) is 9.58. The number of hydrogen-bond donors (Lipinski definition) is 2. The minimum atomic E-state index is 0. The highest BCUT2D eigenvalue weighted by Crippen LogP contribution is 2.33. The average molecular weight is 572 g/mol. The van der Waals surface area contributed by atoms with Crippen LogP contribution in [0.25, 0.3) is 0 Å². The van der Waals surface area contributed by atoms with Crippen LogP contribution in [0.3, 0.4) is 0 Å². The number of likely N-dealkylation sites (N-methyl/N-ethyl adjacent to an activating group) is 1. The van der Waals surface area contributed by atoms with E-state index in [-0.39, 0.29) is 35.5 Å². The minimum absolute atomic E-state index is 0. The maximum Gasteiger partial charge on any atom is 0.191 e. The molecule has 3 rings (SSSR count). The summed E-state index contributed by atoms with van der Waals surface area (Å²) in [6.07, 6.45) is 2.64. The lowest BCUT2D eigenvalue weighted by atomic mass is 9.78. The molecule has 2 atom stereocenters. The third-order valence-corrected chi connectivity index (χ3v) is 6.92. The highest BCUT2D eigenvalue weighted by Gasteiger charge is 2.35. The van der Waals surface area contributed by atoms with Gasteiger partial charge in [-0.15, -0.1) is 24.0 Å². The molecule has 2 N–H and O–H groups in total. The van der Waals surface area contributed by atoms with E-state index in [0.717, 1.165) is 58.3 Å². The van der Waals surface area contributed by atoms with Gasteiger partial charge in [-0.1, -0.05) is 52.0 Å². The van der Waals surface area contributed by atoms with Gasteiger partial charge in [-0.3, -0.25) is 9.89 Å². The van der Waals surface area contributed by atoms with Crippen LogP contribution < -0.4 is 10.6 Å². The largest absolute Gasteiger partial charge is 0.377 e. The monoisotopic (exact) mass is 571 g/mol. The molecule has 0 saturated carbocycles. The number of nitrogens with one attached hydrogen (secondary N) is 2. The maximum atomic E-state index is 6.14. The summed E-state index contributed by atoms with van der Waals surface area (Å²) in [5.41, 5.74) is 2.92. The molecule has 1 aromatic rings. The molecule has 188 valence electrons. The molecule has 0 bridgehead atoms. The molecule has 0 aliphatic carbocycles. The second-order valence-electron chi connectivity index (χ2n) is 10.3. The van der Waals surface area contributed by atoms with E-state index in [4.69, 9.17) is 4.74 Å². The number of ether oxygens (including phenoxy) is 1. The number of piperazine rings is 1. The number of hydrogen-bond acceptors (Lipinski definition) is 4. The Morgan fingerprint density at radius 1 is 1.06 bits per heavy atom. The summed E-state index contributed by atoms with van der Waals surface area (Å²) in [5, 5.41) is 7.11. The van der Waals surface area contributed by atoms with E-state index in [9.17, 15) is 0 Å². The quantitative estimate of drug-likeness (QED) is 0.295. The highest BCUT2D eigenvalue weighted by molar-refractivity contribution is 14.0. The third kappa shape index (κ3) is 8.67. The first kappa shape index (κ1) is 28.3. The van der Waals surface area contributed by atoms with Crippen LogP contribution in [0.1, 0.15) is 51.7 Å². The first-order valence-electron chi connectivity index (χ1n) is 12.5. The molecule has 0 aromatic heterocycles. The average Bonchev–Trinajstić information content (AvgIpc) is 2.80. The predicted molar refractivity (Wildman–Crippen MR) is 149 cm³/mol. The van der Waals surface area contributed by atoms with E-state index in [1.807, 2.05) is 7.05 Å². The molecule has 2 fully saturated rings. The van der Waals surface area contributed by atoms with Crippen LogP contribution in [0.2, 0.25) is 0 Å². The second kappa shape index (κ2) is 13.9. The first-order chi connectivity index (χ1) is 15.4. The Kier molecular flexibility index (Phi) is 11.9. The van der Waals surface area contributed by atoms with E-state index < -0.39 is 0 Å². The highest BCUT2D eigenvalue weighted by atomic mass is 127. The van der Waals surface area contributed by atoms with Crippen molar-refractivity contribution in [3.05, 3.63) is 35.4 Å². The Hall–Kier alpha value is -0.900. The van der Waals surface area contributed by atoms with E-state index in [1.165, 1.54) is 30.6 Å². The Morgan fingerprint density at radius 3 is 2.36 bits per heavy atom. The molecule has 33 heavy (non-hydrogen) atoms. The predicted octanol–water partition coefficient (Wildman–Crippen LogP) is 3.95. The standard InChI is InChI=1S/C26H45N5O.HI/c1-6-30-13-15-31(16-14-30)20-23-11-8-7-10-21(23)18-28-25(27-5)29-19-22-12-9-17-32-24(22)26(2,3)4;/h7-8,10-11,22,24H,6,9,12-20H2,1-5H3,(H2,27,28,29);1H. The van der Waals surface area contributed by atoms with Gasteiger partial charge in [0.1, 0.15) is 0 Å². The number of rotatable bonds is 7. The van der Waals surface area contributed by atoms with Gasteiger partial charge < -0.3 is 20.3 Å². The van der Waals surface area contributed by atoms with Crippen molar-refractivity contribution in [2.24, 2.45) is 16.3 Å². The van der Waals surface area contributed by atoms with Crippen molar-refractivity contribution in [3.8, 4) is 0 Å². The lowest BCUT2D eigenvalue weighted by Crippen LogP contribution is -2.47. The fraction of sp³-hybridized carbons (Fsp3) is 0.731. The van der Waals surface area contributed by atoms with E-state index in [2.05, 4.69) is 77.4 Å². The molecule has 0 spiro atoms. The van der Waals surface area contributed by atoms with Crippen LogP contribution >= 0.6 is 24.0 Å². The molecule has 2 heterocycles. The van der Waals surface area contributed by atoms with Crippen molar-refractivity contribution in [2.75, 3.05) is 52.9 Å². The Balaban J connectivity index is 0.00000385. The first-order valence-corrected chi connectivity index (χ1v) is 12.5. The van der Waals surface area contributed by atoms with E-state index in [1.54, 1.807) is 0 Å². The number of guanidine groups is 1. The molecule has 2 saturated heterocycles. The van der Waals surface area contributed by atoms with Gasteiger partial charge in [0.2, 0.25) is 0 Å². The van der Waals surface area contributed by atoms with Gasteiger partial charge in [-0.05, 0) is 35.9 Å². The summed E-state index contributed by atoms with van der Waals surface area (Å²) < 4.78 is 6.14. The number of benzene rings is 1. The van der Waals surface area contributed by atoms with Crippen LogP contribution in [-0.4, -0.2) is 74.8 Å². The van der Waals surface area contributed by atoms with Crippen LogP contribution in [-0.2, 0) is 17.8 Å². The van der Waals surface area contributed by atoms with Gasteiger partial charge in [0.15, 0.2) is 5.96 Å². The summed E-state index contributed by atoms with van der Waals surface area (Å²) in [6, 6.07) is 8.80. The van der Waals surface area contributed by atoms with Gasteiger partial charge >= 0.3 is 0 Å². The van der Waals surface area contributed by atoms with Crippen molar-refractivity contribution in [3.63, 3.8) is 0 Å². The normalized spacial score (nSPS) is 23.1. The maximum absolute atomic E-state index is 6.14. The van der Waals surface area contributed by atoms with Crippen molar-refractivity contribution in [1.29, 1.82) is 0 Å². The lowest BCUT2D eigenvalue weighted by Gasteiger charge is -2.40. The Bertz CT molecular complexity index is 728. The van der Waals surface area contributed by atoms with Gasteiger partial charge in [-0.25, -0.2) is 0 Å².